The largest absolute Gasteiger partial charge is 0.331 e. The highest BCUT2D eigenvalue weighted by atomic mass is 15.0. The number of benzene rings is 2. The van der Waals surface area contributed by atoms with Gasteiger partial charge in [-0.3, -0.25) is 0 Å². The van der Waals surface area contributed by atoms with Crippen LogP contribution in [0.15, 0.2) is 67.0 Å². The SMILES string of the molecule is Cc1nccn1Cc1ccccc1-c1ccccc1. The first-order chi connectivity index (χ1) is 9.34. The van der Waals surface area contributed by atoms with E-state index in [9.17, 15) is 0 Å². The van der Waals surface area contributed by atoms with Crippen LogP contribution >= 0.6 is 0 Å². The first kappa shape index (κ1) is 11.7. The van der Waals surface area contributed by atoms with E-state index in [1.165, 1.54) is 16.7 Å². The maximum absolute atomic E-state index is 4.28. The molecule has 2 heteroatoms. The molecule has 0 atom stereocenters. The Balaban J connectivity index is 2.01. The van der Waals surface area contributed by atoms with Crippen molar-refractivity contribution in [1.82, 2.24) is 9.55 Å². The minimum Gasteiger partial charge on any atom is -0.331 e. The fraction of sp³-hybridized carbons (Fsp3) is 0.118. The Morgan fingerprint density at radius 2 is 1.68 bits per heavy atom. The summed E-state index contributed by atoms with van der Waals surface area (Å²) in [5.74, 6) is 1.04. The standard InChI is InChI=1S/C17H16N2/c1-14-18-11-12-19(14)13-16-9-5-6-10-17(16)15-7-3-2-4-8-15/h2-12H,13H2,1H3. The molecule has 0 saturated carbocycles. The molecule has 0 aliphatic rings. The normalized spacial score (nSPS) is 10.6. The molecule has 3 aromatic rings. The molecular formula is C17H16N2. The number of hydrogen-bond donors (Lipinski definition) is 0. The number of hydrogen-bond acceptors (Lipinski definition) is 1. The van der Waals surface area contributed by atoms with Crippen molar-refractivity contribution in [1.29, 1.82) is 0 Å². The van der Waals surface area contributed by atoms with E-state index in [-0.39, 0.29) is 0 Å². The van der Waals surface area contributed by atoms with Crippen LogP contribution < -0.4 is 0 Å². The van der Waals surface area contributed by atoms with Gasteiger partial charge in [-0.15, -0.1) is 0 Å². The molecule has 3 rings (SSSR count). The van der Waals surface area contributed by atoms with E-state index in [0.29, 0.717) is 0 Å². The molecule has 0 unspecified atom stereocenters. The van der Waals surface area contributed by atoms with Crippen molar-refractivity contribution in [3.8, 4) is 11.1 Å². The lowest BCUT2D eigenvalue weighted by atomic mass is 10.00. The molecule has 0 bridgehead atoms. The summed E-state index contributed by atoms with van der Waals surface area (Å²) < 4.78 is 2.17. The maximum atomic E-state index is 4.28. The van der Waals surface area contributed by atoms with Gasteiger partial charge in [0, 0.05) is 18.9 Å². The topological polar surface area (TPSA) is 17.8 Å². The van der Waals surface area contributed by atoms with E-state index in [4.69, 9.17) is 0 Å². The van der Waals surface area contributed by atoms with E-state index in [2.05, 4.69) is 58.1 Å². The summed E-state index contributed by atoms with van der Waals surface area (Å²) >= 11 is 0. The molecule has 0 fully saturated rings. The quantitative estimate of drug-likeness (QED) is 0.687. The van der Waals surface area contributed by atoms with Crippen molar-refractivity contribution < 1.29 is 0 Å². The Bertz CT molecular complexity index is 668. The molecule has 0 aliphatic heterocycles. The average molecular weight is 248 g/mol. The van der Waals surface area contributed by atoms with E-state index >= 15 is 0 Å². The molecular weight excluding hydrogens is 232 g/mol. The maximum Gasteiger partial charge on any atom is 0.105 e. The zero-order valence-corrected chi connectivity index (χ0v) is 11.0. The summed E-state index contributed by atoms with van der Waals surface area (Å²) in [6, 6.07) is 19.0. The van der Waals surface area contributed by atoms with Crippen molar-refractivity contribution in [2.75, 3.05) is 0 Å². The van der Waals surface area contributed by atoms with E-state index in [1.807, 2.05) is 25.4 Å². The van der Waals surface area contributed by atoms with Crippen LogP contribution in [0.1, 0.15) is 11.4 Å². The summed E-state index contributed by atoms with van der Waals surface area (Å²) in [5, 5.41) is 0. The minimum absolute atomic E-state index is 0.858. The van der Waals surface area contributed by atoms with Gasteiger partial charge in [0.15, 0.2) is 0 Å². The highest BCUT2D eigenvalue weighted by Gasteiger charge is 2.05. The van der Waals surface area contributed by atoms with Gasteiger partial charge in [-0.2, -0.15) is 0 Å². The van der Waals surface area contributed by atoms with Gasteiger partial charge in [-0.1, -0.05) is 54.6 Å². The van der Waals surface area contributed by atoms with Crippen molar-refractivity contribution in [3.05, 3.63) is 78.4 Å². The molecule has 0 N–H and O–H groups in total. The number of rotatable bonds is 3. The summed E-state index contributed by atoms with van der Waals surface area (Å²) in [7, 11) is 0. The Hall–Kier alpha value is -2.35. The number of nitrogens with zero attached hydrogens (tertiary/aromatic N) is 2. The van der Waals surface area contributed by atoms with Crippen molar-refractivity contribution >= 4 is 0 Å². The second-order valence-electron chi connectivity index (χ2n) is 4.63. The van der Waals surface area contributed by atoms with Crippen LogP contribution in [0.2, 0.25) is 0 Å². The van der Waals surface area contributed by atoms with Crippen LogP contribution in [0.3, 0.4) is 0 Å². The second-order valence-corrected chi connectivity index (χ2v) is 4.63. The number of imidazole rings is 1. The van der Waals surface area contributed by atoms with Gasteiger partial charge in [-0.25, -0.2) is 4.98 Å². The third kappa shape index (κ3) is 2.43. The molecule has 0 saturated heterocycles. The first-order valence-electron chi connectivity index (χ1n) is 6.45. The number of aryl methyl sites for hydroxylation is 1. The molecule has 1 aromatic heterocycles. The molecule has 2 aromatic carbocycles. The lowest BCUT2D eigenvalue weighted by molar-refractivity contribution is 0.763. The van der Waals surface area contributed by atoms with Crippen LogP contribution in [0.5, 0.6) is 0 Å². The van der Waals surface area contributed by atoms with E-state index < -0.39 is 0 Å². The molecule has 94 valence electrons. The minimum atomic E-state index is 0.858. The van der Waals surface area contributed by atoms with Crippen LogP contribution in [0.4, 0.5) is 0 Å². The van der Waals surface area contributed by atoms with E-state index in [0.717, 1.165) is 12.4 Å². The van der Waals surface area contributed by atoms with Crippen LogP contribution in [0, 0.1) is 6.92 Å². The summed E-state index contributed by atoms with van der Waals surface area (Å²) in [4.78, 5) is 4.28. The molecule has 19 heavy (non-hydrogen) atoms. The summed E-state index contributed by atoms with van der Waals surface area (Å²) in [5.41, 5.74) is 3.86. The van der Waals surface area contributed by atoms with Crippen LogP contribution in [-0.4, -0.2) is 9.55 Å². The van der Waals surface area contributed by atoms with Gasteiger partial charge in [0.2, 0.25) is 0 Å². The molecule has 0 aliphatic carbocycles. The van der Waals surface area contributed by atoms with Gasteiger partial charge >= 0.3 is 0 Å². The Morgan fingerprint density at radius 3 is 2.42 bits per heavy atom. The average Bonchev–Trinajstić information content (AvgIpc) is 2.86. The van der Waals surface area contributed by atoms with Gasteiger partial charge in [0.1, 0.15) is 5.82 Å². The van der Waals surface area contributed by atoms with Crippen LogP contribution in [0.25, 0.3) is 11.1 Å². The third-order valence-electron chi connectivity index (χ3n) is 3.37. The zero-order chi connectivity index (χ0) is 13.1. The fourth-order valence-electron chi connectivity index (χ4n) is 2.31. The van der Waals surface area contributed by atoms with Gasteiger partial charge < -0.3 is 4.57 Å². The van der Waals surface area contributed by atoms with Crippen molar-refractivity contribution in [2.24, 2.45) is 0 Å². The highest BCUT2D eigenvalue weighted by molar-refractivity contribution is 5.67. The smallest absolute Gasteiger partial charge is 0.105 e. The molecule has 0 amide bonds. The Morgan fingerprint density at radius 1 is 0.947 bits per heavy atom. The zero-order valence-electron chi connectivity index (χ0n) is 11.0. The van der Waals surface area contributed by atoms with Gasteiger partial charge in [0.25, 0.3) is 0 Å². The van der Waals surface area contributed by atoms with Crippen molar-refractivity contribution in [2.45, 2.75) is 13.5 Å². The summed E-state index contributed by atoms with van der Waals surface area (Å²) in [6.45, 7) is 2.89. The molecule has 0 spiro atoms. The third-order valence-corrected chi connectivity index (χ3v) is 3.37. The lowest BCUT2D eigenvalue weighted by Gasteiger charge is -2.11. The van der Waals surface area contributed by atoms with Gasteiger partial charge in [0.05, 0.1) is 0 Å². The summed E-state index contributed by atoms with van der Waals surface area (Å²) in [6.07, 6.45) is 3.87. The first-order valence-corrected chi connectivity index (χ1v) is 6.45. The molecule has 1 heterocycles. The van der Waals surface area contributed by atoms with Crippen molar-refractivity contribution in [3.63, 3.8) is 0 Å². The lowest BCUT2D eigenvalue weighted by Crippen LogP contribution is -2.02. The van der Waals surface area contributed by atoms with Crippen LogP contribution in [-0.2, 0) is 6.54 Å². The predicted molar refractivity (Wildman–Crippen MR) is 77.9 cm³/mol. The Kier molecular flexibility index (Phi) is 3.15. The monoisotopic (exact) mass is 248 g/mol. The predicted octanol–water partition coefficient (Wildman–Crippen LogP) is 3.91. The highest BCUT2D eigenvalue weighted by Crippen LogP contribution is 2.24. The Labute approximate surface area is 113 Å². The van der Waals surface area contributed by atoms with Gasteiger partial charge in [-0.05, 0) is 23.6 Å². The molecule has 0 radical (unpaired) electrons. The number of aromatic nitrogens is 2. The fourth-order valence-corrected chi connectivity index (χ4v) is 2.31. The van der Waals surface area contributed by atoms with E-state index in [1.54, 1.807) is 0 Å². The molecule has 2 nitrogen and oxygen atoms in total. The second kappa shape index (κ2) is 5.11.